The van der Waals surface area contributed by atoms with Gasteiger partial charge in [-0.3, -0.25) is 10.1 Å². The summed E-state index contributed by atoms with van der Waals surface area (Å²) in [5.74, 6) is 0.642. The van der Waals surface area contributed by atoms with E-state index in [4.69, 9.17) is 0 Å². The van der Waals surface area contributed by atoms with Gasteiger partial charge in [-0.2, -0.15) is 0 Å². The van der Waals surface area contributed by atoms with E-state index in [1.54, 1.807) is 24.0 Å². The molecule has 0 saturated heterocycles. The largest absolute Gasteiger partial charge is 0.324 e. The van der Waals surface area contributed by atoms with E-state index in [9.17, 15) is 10.1 Å². The molecule has 14 heavy (non-hydrogen) atoms. The summed E-state index contributed by atoms with van der Waals surface area (Å²) in [6.07, 6.45) is 1.56. The second-order valence-electron chi connectivity index (χ2n) is 2.66. The number of aromatic nitrogens is 3. The SMILES string of the molecule is Cn1cnnc1-c1ccc([N+](=O)[O-])s1. The van der Waals surface area contributed by atoms with Gasteiger partial charge in [0, 0.05) is 13.1 Å². The Bertz CT molecular complexity index is 475. The molecule has 0 saturated carbocycles. The highest BCUT2D eigenvalue weighted by atomic mass is 32.1. The zero-order chi connectivity index (χ0) is 10.1. The number of rotatable bonds is 2. The Morgan fingerprint density at radius 1 is 1.57 bits per heavy atom. The minimum atomic E-state index is -0.412. The first kappa shape index (κ1) is 8.82. The number of aryl methyl sites for hydroxylation is 1. The van der Waals surface area contributed by atoms with Gasteiger partial charge in [0.2, 0.25) is 0 Å². The molecule has 6 nitrogen and oxygen atoms in total. The van der Waals surface area contributed by atoms with Crippen molar-refractivity contribution in [3.63, 3.8) is 0 Å². The Morgan fingerprint density at radius 2 is 2.36 bits per heavy atom. The topological polar surface area (TPSA) is 73.8 Å². The van der Waals surface area contributed by atoms with Crippen molar-refractivity contribution < 1.29 is 4.92 Å². The molecule has 0 aliphatic carbocycles. The van der Waals surface area contributed by atoms with Gasteiger partial charge >= 0.3 is 5.00 Å². The number of hydrogen-bond donors (Lipinski definition) is 0. The highest BCUT2D eigenvalue weighted by molar-refractivity contribution is 7.18. The van der Waals surface area contributed by atoms with Crippen LogP contribution in [0, 0.1) is 10.1 Å². The van der Waals surface area contributed by atoms with Gasteiger partial charge in [-0.1, -0.05) is 11.3 Å². The Hall–Kier alpha value is -1.76. The lowest BCUT2D eigenvalue weighted by molar-refractivity contribution is -0.380. The molecule has 7 heteroatoms. The molecule has 2 rings (SSSR count). The second-order valence-corrected chi connectivity index (χ2v) is 3.72. The molecular weight excluding hydrogens is 204 g/mol. The van der Waals surface area contributed by atoms with Gasteiger partial charge in [0.05, 0.1) is 9.80 Å². The molecule has 0 aliphatic heterocycles. The van der Waals surface area contributed by atoms with Crippen LogP contribution in [0.15, 0.2) is 18.5 Å². The fraction of sp³-hybridized carbons (Fsp3) is 0.143. The van der Waals surface area contributed by atoms with Crippen molar-refractivity contribution in [1.29, 1.82) is 0 Å². The lowest BCUT2D eigenvalue weighted by Crippen LogP contribution is -1.88. The van der Waals surface area contributed by atoms with Crippen LogP contribution in [0.5, 0.6) is 0 Å². The molecule has 2 heterocycles. The predicted molar refractivity (Wildman–Crippen MR) is 51.0 cm³/mol. The van der Waals surface area contributed by atoms with Crippen LogP contribution >= 0.6 is 11.3 Å². The van der Waals surface area contributed by atoms with Crippen LogP contribution in [0.25, 0.3) is 10.7 Å². The maximum Gasteiger partial charge on any atom is 0.324 e. The highest BCUT2D eigenvalue weighted by Gasteiger charge is 2.13. The molecule has 0 spiro atoms. The third-order valence-electron chi connectivity index (χ3n) is 1.70. The van der Waals surface area contributed by atoms with Crippen molar-refractivity contribution in [3.05, 3.63) is 28.6 Å². The summed E-state index contributed by atoms with van der Waals surface area (Å²) in [5.41, 5.74) is 0. The summed E-state index contributed by atoms with van der Waals surface area (Å²) in [6, 6.07) is 3.14. The van der Waals surface area contributed by atoms with E-state index < -0.39 is 4.92 Å². The average molecular weight is 210 g/mol. The van der Waals surface area contributed by atoms with Crippen LogP contribution in [-0.2, 0) is 7.05 Å². The van der Waals surface area contributed by atoms with Crippen LogP contribution < -0.4 is 0 Å². The fourth-order valence-electron chi connectivity index (χ4n) is 1.05. The van der Waals surface area contributed by atoms with E-state index in [-0.39, 0.29) is 5.00 Å². The van der Waals surface area contributed by atoms with Crippen molar-refractivity contribution in [2.24, 2.45) is 7.05 Å². The molecule has 0 radical (unpaired) electrons. The lowest BCUT2D eigenvalue weighted by Gasteiger charge is -1.92. The summed E-state index contributed by atoms with van der Waals surface area (Å²) in [5, 5.41) is 18.1. The molecule has 0 atom stereocenters. The summed E-state index contributed by atoms with van der Waals surface area (Å²) < 4.78 is 1.72. The van der Waals surface area contributed by atoms with Gasteiger partial charge in [-0.25, -0.2) is 0 Å². The molecule has 0 bridgehead atoms. The van der Waals surface area contributed by atoms with Gasteiger partial charge in [-0.05, 0) is 6.07 Å². The zero-order valence-corrected chi connectivity index (χ0v) is 8.06. The van der Waals surface area contributed by atoms with E-state index in [0.717, 1.165) is 16.2 Å². The molecule has 72 valence electrons. The zero-order valence-electron chi connectivity index (χ0n) is 7.25. The lowest BCUT2D eigenvalue weighted by atomic mass is 10.4. The summed E-state index contributed by atoms with van der Waals surface area (Å²) in [6.45, 7) is 0. The van der Waals surface area contributed by atoms with Gasteiger partial charge in [-0.15, -0.1) is 10.2 Å². The number of nitrogens with zero attached hydrogens (tertiary/aromatic N) is 4. The first-order valence-electron chi connectivity index (χ1n) is 3.77. The third-order valence-corrected chi connectivity index (χ3v) is 2.74. The smallest absolute Gasteiger partial charge is 0.316 e. The normalized spacial score (nSPS) is 10.4. The van der Waals surface area contributed by atoms with Gasteiger partial charge < -0.3 is 4.57 Å². The number of thiophene rings is 1. The molecule has 0 unspecified atom stereocenters. The molecule has 0 amide bonds. The summed E-state index contributed by atoms with van der Waals surface area (Å²) in [4.78, 5) is 10.8. The summed E-state index contributed by atoms with van der Waals surface area (Å²) in [7, 11) is 1.79. The molecule has 0 fully saturated rings. The van der Waals surface area contributed by atoms with E-state index in [1.165, 1.54) is 6.07 Å². The van der Waals surface area contributed by atoms with Crippen molar-refractivity contribution in [1.82, 2.24) is 14.8 Å². The van der Waals surface area contributed by atoms with E-state index in [2.05, 4.69) is 10.2 Å². The monoisotopic (exact) mass is 210 g/mol. The fourth-order valence-corrected chi connectivity index (χ4v) is 1.90. The maximum atomic E-state index is 10.4. The van der Waals surface area contributed by atoms with Crippen molar-refractivity contribution in [2.75, 3.05) is 0 Å². The van der Waals surface area contributed by atoms with Crippen molar-refractivity contribution >= 4 is 16.3 Å². The minimum Gasteiger partial charge on any atom is -0.316 e. The molecular formula is C7H6N4O2S. The van der Waals surface area contributed by atoms with Crippen LogP contribution in [-0.4, -0.2) is 19.7 Å². The Kier molecular flexibility index (Phi) is 2.01. The van der Waals surface area contributed by atoms with E-state index in [0.29, 0.717) is 5.82 Å². The Balaban J connectivity index is 2.43. The highest BCUT2D eigenvalue weighted by Crippen LogP contribution is 2.30. The van der Waals surface area contributed by atoms with Gasteiger partial charge in [0.25, 0.3) is 0 Å². The van der Waals surface area contributed by atoms with Crippen molar-refractivity contribution in [2.45, 2.75) is 0 Å². The van der Waals surface area contributed by atoms with Gasteiger partial charge in [0.15, 0.2) is 5.82 Å². The second kappa shape index (κ2) is 3.18. The molecule has 0 N–H and O–H groups in total. The Labute approximate surface area is 83.0 Å². The van der Waals surface area contributed by atoms with Crippen LogP contribution in [0.4, 0.5) is 5.00 Å². The molecule has 2 aromatic heterocycles. The van der Waals surface area contributed by atoms with Crippen LogP contribution in [0.2, 0.25) is 0 Å². The summed E-state index contributed by atoms with van der Waals surface area (Å²) >= 11 is 1.09. The number of nitro groups is 1. The van der Waals surface area contributed by atoms with Crippen molar-refractivity contribution in [3.8, 4) is 10.7 Å². The van der Waals surface area contributed by atoms with E-state index in [1.807, 2.05) is 0 Å². The van der Waals surface area contributed by atoms with Crippen LogP contribution in [0.3, 0.4) is 0 Å². The quantitative estimate of drug-likeness (QED) is 0.555. The maximum absolute atomic E-state index is 10.4. The average Bonchev–Trinajstić information content (AvgIpc) is 2.71. The number of hydrogen-bond acceptors (Lipinski definition) is 5. The van der Waals surface area contributed by atoms with Gasteiger partial charge in [0.1, 0.15) is 6.33 Å². The minimum absolute atomic E-state index is 0.114. The standard InChI is InChI=1S/C7H6N4O2S/c1-10-4-8-9-7(10)5-2-3-6(14-5)11(12)13/h2-4H,1H3. The molecule has 0 aliphatic rings. The van der Waals surface area contributed by atoms with E-state index >= 15 is 0 Å². The van der Waals surface area contributed by atoms with Crippen LogP contribution in [0.1, 0.15) is 0 Å². The Morgan fingerprint density at radius 3 is 2.86 bits per heavy atom. The third kappa shape index (κ3) is 1.37. The first-order chi connectivity index (χ1) is 6.68. The molecule has 0 aromatic carbocycles. The predicted octanol–water partition coefficient (Wildman–Crippen LogP) is 1.45. The first-order valence-corrected chi connectivity index (χ1v) is 4.59. The molecule has 2 aromatic rings.